The highest BCUT2D eigenvalue weighted by Crippen LogP contribution is 2.67. The molecule has 1 spiro atoms. The molecule has 6 heteroatoms. The van der Waals surface area contributed by atoms with Crippen molar-refractivity contribution >= 4 is 11.8 Å². The number of piperidine rings is 1. The Morgan fingerprint density at radius 3 is 2.94 bits per heavy atom. The number of aliphatic hydroxyl groups is 1. The smallest absolute Gasteiger partial charge is 0.232 e. The van der Waals surface area contributed by atoms with Gasteiger partial charge in [0.15, 0.2) is 0 Å². The lowest BCUT2D eigenvalue weighted by Gasteiger charge is -2.44. The number of unbranched alkanes of at least 4 members (excludes halogenated alkanes) is 1. The Kier molecular flexibility index (Phi) is 6.21. The molecule has 1 aromatic rings. The van der Waals surface area contributed by atoms with Crippen LogP contribution in [0.5, 0.6) is 0 Å². The van der Waals surface area contributed by atoms with E-state index in [2.05, 4.69) is 24.8 Å². The Morgan fingerprint density at radius 1 is 1.27 bits per heavy atom. The van der Waals surface area contributed by atoms with Crippen molar-refractivity contribution in [2.45, 2.75) is 82.2 Å². The third-order valence-electron chi connectivity index (χ3n) is 8.26. The number of rotatable bonds is 5. The molecule has 0 saturated carbocycles. The zero-order valence-corrected chi connectivity index (χ0v) is 19.5. The molecular weight excluding hydrogens is 416 g/mol. The van der Waals surface area contributed by atoms with Crippen LogP contribution in [0.2, 0.25) is 0 Å². The minimum Gasteiger partial charge on any atom is -0.464 e. The molecule has 1 N–H and O–H groups in total. The van der Waals surface area contributed by atoms with Gasteiger partial charge in [-0.25, -0.2) is 0 Å². The number of carbonyl (C=O) groups is 2. The minimum atomic E-state index is -0.704. The number of hydrogen-bond acceptors (Lipinski definition) is 4. The second-order valence-corrected chi connectivity index (χ2v) is 10.1. The third-order valence-corrected chi connectivity index (χ3v) is 8.26. The van der Waals surface area contributed by atoms with Crippen LogP contribution in [0.1, 0.15) is 86.8 Å². The minimum absolute atomic E-state index is 0.00750. The van der Waals surface area contributed by atoms with E-state index in [0.29, 0.717) is 12.8 Å². The normalized spacial score (nSPS) is 32.0. The molecule has 4 aliphatic heterocycles. The van der Waals surface area contributed by atoms with Crippen LogP contribution in [-0.4, -0.2) is 52.5 Å². The van der Waals surface area contributed by atoms with Gasteiger partial charge in [-0.1, -0.05) is 18.2 Å². The number of allylic oxidation sites excluding steroid dienone is 3. The summed E-state index contributed by atoms with van der Waals surface area (Å²) in [5.74, 6) is 1.96. The molecular formula is C27H36N2O4. The molecule has 6 bridgehead atoms. The standard InChI is InChI=1S/C27H36N2O4/c1-2-3-8-12-23(31)29-19(18-30)17-27-22-13-15-28(26(27)32)14-10-7-5-4-6-9-11-20-16-21(22)24(33-20)25(27)29/h2,4,6,16,19,22,25,30H,1,3,5,7-15,17-18H2/b6-4-. The number of nitrogens with zero attached hydrogens (tertiary/aromatic N) is 2. The largest absolute Gasteiger partial charge is 0.464 e. The van der Waals surface area contributed by atoms with Gasteiger partial charge in [-0.3, -0.25) is 9.59 Å². The molecule has 1 aliphatic carbocycles. The molecule has 6 nitrogen and oxygen atoms in total. The predicted molar refractivity (Wildman–Crippen MR) is 126 cm³/mol. The molecule has 33 heavy (non-hydrogen) atoms. The van der Waals surface area contributed by atoms with Crippen molar-refractivity contribution in [1.29, 1.82) is 0 Å². The number of carbonyl (C=O) groups excluding carboxylic acids is 2. The molecule has 4 unspecified atom stereocenters. The summed E-state index contributed by atoms with van der Waals surface area (Å²) in [6.45, 7) is 5.15. The first-order valence-corrected chi connectivity index (χ1v) is 12.7. The third kappa shape index (κ3) is 3.58. The number of fused-ring (bicyclic) bond motifs is 7. The summed E-state index contributed by atoms with van der Waals surface area (Å²) in [5.41, 5.74) is 0.423. The van der Waals surface area contributed by atoms with Gasteiger partial charge in [0.1, 0.15) is 17.6 Å². The maximum Gasteiger partial charge on any atom is 0.232 e. The van der Waals surface area contributed by atoms with Gasteiger partial charge in [0.25, 0.3) is 0 Å². The van der Waals surface area contributed by atoms with E-state index in [1.807, 2.05) is 15.9 Å². The quantitative estimate of drug-likeness (QED) is 0.535. The fraction of sp³-hybridized carbons (Fsp3) is 0.630. The molecule has 5 heterocycles. The first-order chi connectivity index (χ1) is 16.1. The molecule has 6 rings (SSSR count). The highest BCUT2D eigenvalue weighted by atomic mass is 16.3. The lowest BCUT2D eigenvalue weighted by molar-refractivity contribution is -0.151. The number of hydrogen-bond donors (Lipinski definition) is 1. The molecule has 0 radical (unpaired) electrons. The van der Waals surface area contributed by atoms with Crippen molar-refractivity contribution < 1.29 is 19.1 Å². The second kappa shape index (κ2) is 9.13. The molecule has 178 valence electrons. The highest BCUT2D eigenvalue weighted by molar-refractivity contribution is 5.90. The fourth-order valence-electron chi connectivity index (χ4n) is 6.83. The summed E-state index contributed by atoms with van der Waals surface area (Å²) in [6.07, 6.45) is 14.4. The summed E-state index contributed by atoms with van der Waals surface area (Å²) in [4.78, 5) is 31.5. The van der Waals surface area contributed by atoms with Gasteiger partial charge >= 0.3 is 0 Å². The van der Waals surface area contributed by atoms with Gasteiger partial charge in [-0.15, -0.1) is 6.58 Å². The van der Waals surface area contributed by atoms with E-state index in [-0.39, 0.29) is 30.4 Å². The first kappa shape index (κ1) is 22.5. The molecule has 4 atom stereocenters. The molecule has 2 saturated heterocycles. The summed E-state index contributed by atoms with van der Waals surface area (Å²) in [5, 5.41) is 10.3. The Bertz CT molecular complexity index is 950. The fourth-order valence-corrected chi connectivity index (χ4v) is 6.83. The lowest BCUT2D eigenvalue weighted by Crippen LogP contribution is -2.53. The Hall–Kier alpha value is -2.34. The SMILES string of the molecule is C=CCCCC(=O)N1C(CO)CC23C(=O)N4CCCC/C=C\CCc5cc(c(o5)C12)C3CC4. The van der Waals surface area contributed by atoms with Crippen molar-refractivity contribution in [3.05, 3.63) is 48.0 Å². The van der Waals surface area contributed by atoms with E-state index in [9.17, 15) is 14.7 Å². The number of amides is 2. The maximum atomic E-state index is 14.1. The van der Waals surface area contributed by atoms with Crippen molar-refractivity contribution in [3.8, 4) is 0 Å². The van der Waals surface area contributed by atoms with Crippen LogP contribution < -0.4 is 0 Å². The number of aliphatic hydroxyl groups excluding tert-OH is 1. The van der Waals surface area contributed by atoms with Crippen LogP contribution in [-0.2, 0) is 16.0 Å². The van der Waals surface area contributed by atoms with E-state index in [1.165, 1.54) is 0 Å². The maximum absolute atomic E-state index is 14.1. The average molecular weight is 453 g/mol. The Morgan fingerprint density at radius 2 is 2.12 bits per heavy atom. The van der Waals surface area contributed by atoms with E-state index in [4.69, 9.17) is 4.42 Å². The summed E-state index contributed by atoms with van der Waals surface area (Å²) < 4.78 is 6.44. The van der Waals surface area contributed by atoms with E-state index < -0.39 is 11.5 Å². The van der Waals surface area contributed by atoms with E-state index in [1.54, 1.807) is 0 Å². The van der Waals surface area contributed by atoms with Crippen LogP contribution in [0.4, 0.5) is 0 Å². The molecule has 0 aromatic carbocycles. The van der Waals surface area contributed by atoms with Gasteiger partial charge < -0.3 is 19.3 Å². The second-order valence-electron chi connectivity index (χ2n) is 10.1. The van der Waals surface area contributed by atoms with Crippen molar-refractivity contribution in [3.63, 3.8) is 0 Å². The first-order valence-electron chi connectivity index (χ1n) is 12.7. The topological polar surface area (TPSA) is 74.0 Å². The van der Waals surface area contributed by atoms with Crippen molar-refractivity contribution in [2.75, 3.05) is 19.7 Å². The highest BCUT2D eigenvalue weighted by Gasteiger charge is 2.69. The molecule has 2 amide bonds. The number of aryl methyl sites for hydroxylation is 1. The summed E-state index contributed by atoms with van der Waals surface area (Å²) in [6, 6.07) is 1.40. The van der Waals surface area contributed by atoms with Gasteiger partial charge in [0.05, 0.1) is 18.1 Å². The average Bonchev–Trinajstić information content (AvgIpc) is 3.43. The zero-order chi connectivity index (χ0) is 23.0. The molecule has 2 fully saturated rings. The monoisotopic (exact) mass is 452 g/mol. The van der Waals surface area contributed by atoms with Crippen molar-refractivity contribution in [2.24, 2.45) is 5.41 Å². The van der Waals surface area contributed by atoms with E-state index in [0.717, 1.165) is 81.5 Å². The van der Waals surface area contributed by atoms with Crippen molar-refractivity contribution in [1.82, 2.24) is 9.80 Å². The Balaban J connectivity index is 1.58. The van der Waals surface area contributed by atoms with Crippen LogP contribution in [0.15, 0.2) is 35.3 Å². The molecule has 1 aromatic heterocycles. The Labute approximate surface area is 196 Å². The van der Waals surface area contributed by atoms with Crippen LogP contribution >= 0.6 is 0 Å². The number of furan rings is 1. The van der Waals surface area contributed by atoms with Crippen LogP contribution in [0, 0.1) is 5.41 Å². The zero-order valence-electron chi connectivity index (χ0n) is 19.5. The number of likely N-dealkylation sites (tertiary alicyclic amines) is 1. The lowest BCUT2D eigenvalue weighted by atomic mass is 9.67. The van der Waals surface area contributed by atoms with Gasteiger partial charge in [0.2, 0.25) is 11.8 Å². The molecule has 5 aliphatic rings. The summed E-state index contributed by atoms with van der Waals surface area (Å²) in [7, 11) is 0. The van der Waals surface area contributed by atoms with E-state index >= 15 is 0 Å². The van der Waals surface area contributed by atoms with Gasteiger partial charge in [0, 0.05) is 37.4 Å². The predicted octanol–water partition coefficient (Wildman–Crippen LogP) is 4.26. The summed E-state index contributed by atoms with van der Waals surface area (Å²) >= 11 is 0. The van der Waals surface area contributed by atoms with Gasteiger partial charge in [-0.05, 0) is 57.4 Å². The van der Waals surface area contributed by atoms with Gasteiger partial charge in [-0.2, -0.15) is 0 Å². The van der Waals surface area contributed by atoms with Crippen LogP contribution in [0.3, 0.4) is 0 Å². The van der Waals surface area contributed by atoms with Crippen LogP contribution in [0.25, 0.3) is 0 Å².